The van der Waals surface area contributed by atoms with Gasteiger partial charge in [0.05, 0.1) is 7.11 Å². The second-order valence-corrected chi connectivity index (χ2v) is 8.36. The highest BCUT2D eigenvalue weighted by atomic mass is 31.1. The number of hydrogen-bond donors (Lipinski definition) is 0. The number of halogens is 6. The maximum Gasteiger partial charge on any atom is 0.354 e. The number of alkyl halides is 6. The summed E-state index contributed by atoms with van der Waals surface area (Å²) in [5, 5.41) is -3.56. The molecule has 0 N–H and O–H groups in total. The summed E-state index contributed by atoms with van der Waals surface area (Å²) in [6.07, 6.45) is -2.84. The first kappa shape index (κ1) is 19.7. The SMILES string of the molecule is COc1ccc(P(c2ccccc2)C2(F)C=CC(F)C(F)(F)C2(F)F)cc1. The molecule has 1 aliphatic rings. The van der Waals surface area contributed by atoms with Gasteiger partial charge in [0.25, 0.3) is 0 Å². The standard InChI is InChI=1S/C19H15F6OP/c1-26-13-7-9-15(10-8-13)27(14-5-3-2-4-6-14)17(21)12-11-16(20)18(22,23)19(17,24)25/h2-12,16H,1H3. The molecular formula is C19H15F6OP. The predicted molar refractivity (Wildman–Crippen MR) is 93.4 cm³/mol. The smallest absolute Gasteiger partial charge is 0.354 e. The minimum atomic E-state index is -5.24. The van der Waals surface area contributed by atoms with E-state index in [1.807, 2.05) is 0 Å². The van der Waals surface area contributed by atoms with Gasteiger partial charge in [0.2, 0.25) is 5.41 Å². The maximum absolute atomic E-state index is 15.8. The van der Waals surface area contributed by atoms with Gasteiger partial charge >= 0.3 is 11.8 Å². The van der Waals surface area contributed by atoms with Gasteiger partial charge in [0.15, 0.2) is 6.17 Å². The monoisotopic (exact) mass is 404 g/mol. The average Bonchev–Trinajstić information content (AvgIpc) is 2.66. The molecular weight excluding hydrogens is 389 g/mol. The Morgan fingerprint density at radius 1 is 0.852 bits per heavy atom. The van der Waals surface area contributed by atoms with Gasteiger partial charge in [-0.05, 0) is 34.9 Å². The van der Waals surface area contributed by atoms with Crippen LogP contribution < -0.4 is 15.3 Å². The Labute approximate surface area is 153 Å². The van der Waals surface area contributed by atoms with Gasteiger partial charge < -0.3 is 4.74 Å². The summed E-state index contributed by atoms with van der Waals surface area (Å²) < 4.78 is 91.4. The highest BCUT2D eigenvalue weighted by Crippen LogP contribution is 2.64. The van der Waals surface area contributed by atoms with E-state index in [1.165, 1.54) is 55.6 Å². The van der Waals surface area contributed by atoms with Crippen molar-refractivity contribution in [2.75, 3.05) is 7.11 Å². The van der Waals surface area contributed by atoms with Crippen molar-refractivity contribution < 1.29 is 31.1 Å². The van der Waals surface area contributed by atoms with Crippen LogP contribution in [0.3, 0.4) is 0 Å². The summed E-state index contributed by atoms with van der Waals surface area (Å²) in [6.45, 7) is 0. The van der Waals surface area contributed by atoms with Gasteiger partial charge in [0.1, 0.15) is 5.75 Å². The molecule has 0 saturated carbocycles. The molecule has 144 valence electrons. The fourth-order valence-corrected chi connectivity index (χ4v) is 5.52. The summed E-state index contributed by atoms with van der Waals surface area (Å²) in [6, 6.07) is 12.9. The summed E-state index contributed by atoms with van der Waals surface area (Å²) in [5.41, 5.74) is 0. The number of methoxy groups -OCH3 is 1. The zero-order chi connectivity index (χ0) is 19.9. The van der Waals surface area contributed by atoms with E-state index in [0.29, 0.717) is 5.75 Å². The first-order chi connectivity index (χ1) is 12.6. The zero-order valence-electron chi connectivity index (χ0n) is 14.1. The number of benzene rings is 2. The summed E-state index contributed by atoms with van der Waals surface area (Å²) in [7, 11) is -1.25. The molecule has 0 bridgehead atoms. The summed E-state index contributed by atoms with van der Waals surface area (Å²) in [5.74, 6) is -10.0. The molecule has 3 atom stereocenters. The molecule has 0 amide bonds. The van der Waals surface area contributed by atoms with E-state index in [-0.39, 0.29) is 22.8 Å². The number of allylic oxidation sites excluding steroid dienone is 2. The largest absolute Gasteiger partial charge is 0.497 e. The number of hydrogen-bond acceptors (Lipinski definition) is 1. The number of ether oxygens (including phenoxy) is 1. The van der Waals surface area contributed by atoms with E-state index in [2.05, 4.69) is 0 Å². The third kappa shape index (κ3) is 3.02. The van der Waals surface area contributed by atoms with Crippen molar-refractivity contribution >= 4 is 18.5 Å². The van der Waals surface area contributed by atoms with Crippen LogP contribution in [0, 0.1) is 0 Å². The molecule has 1 nitrogen and oxygen atoms in total. The van der Waals surface area contributed by atoms with Gasteiger partial charge in [0, 0.05) is 7.92 Å². The van der Waals surface area contributed by atoms with Crippen molar-refractivity contribution in [3.8, 4) is 5.75 Å². The third-order valence-electron chi connectivity index (χ3n) is 4.36. The van der Waals surface area contributed by atoms with E-state index in [4.69, 9.17) is 4.74 Å². The molecule has 0 aliphatic heterocycles. The second kappa shape index (κ2) is 6.86. The fraction of sp³-hybridized carbons (Fsp3) is 0.263. The first-order valence-corrected chi connectivity index (χ1v) is 9.26. The van der Waals surface area contributed by atoms with Gasteiger partial charge in [-0.3, -0.25) is 0 Å². The van der Waals surface area contributed by atoms with Crippen LogP contribution in [0.15, 0.2) is 66.7 Å². The third-order valence-corrected chi connectivity index (χ3v) is 7.07. The number of rotatable bonds is 4. The first-order valence-electron chi connectivity index (χ1n) is 7.92. The predicted octanol–water partition coefficient (Wildman–Crippen LogP) is 4.97. The Bertz CT molecular complexity index is 824. The maximum atomic E-state index is 15.8. The quantitative estimate of drug-likeness (QED) is 0.397. The molecule has 3 unspecified atom stereocenters. The minimum absolute atomic E-state index is 0.0944. The van der Waals surface area contributed by atoms with Crippen molar-refractivity contribution in [3.63, 3.8) is 0 Å². The minimum Gasteiger partial charge on any atom is -0.497 e. The topological polar surface area (TPSA) is 9.23 Å². The second-order valence-electron chi connectivity index (χ2n) is 6.00. The van der Waals surface area contributed by atoms with Crippen LogP contribution in [0.5, 0.6) is 5.75 Å². The molecule has 3 rings (SSSR count). The van der Waals surface area contributed by atoms with Gasteiger partial charge in [-0.25, -0.2) is 8.78 Å². The lowest BCUT2D eigenvalue weighted by Gasteiger charge is -2.44. The molecule has 0 fully saturated rings. The molecule has 1 aliphatic carbocycles. The molecule has 0 aromatic heterocycles. The van der Waals surface area contributed by atoms with Gasteiger partial charge in [-0.1, -0.05) is 42.5 Å². The molecule has 0 heterocycles. The van der Waals surface area contributed by atoms with Crippen LogP contribution in [0.25, 0.3) is 0 Å². The Morgan fingerprint density at radius 2 is 1.41 bits per heavy atom. The lowest BCUT2D eigenvalue weighted by atomic mass is 9.95. The van der Waals surface area contributed by atoms with E-state index in [9.17, 15) is 22.0 Å². The fourth-order valence-electron chi connectivity index (χ4n) is 2.89. The van der Waals surface area contributed by atoms with Gasteiger partial charge in [-0.2, -0.15) is 17.6 Å². The van der Waals surface area contributed by atoms with Crippen LogP contribution in [0.4, 0.5) is 26.3 Å². The highest BCUT2D eigenvalue weighted by Gasteiger charge is 2.76. The van der Waals surface area contributed by atoms with Gasteiger partial charge in [-0.15, -0.1) is 0 Å². The van der Waals surface area contributed by atoms with E-state index in [0.717, 1.165) is 0 Å². The van der Waals surface area contributed by atoms with Crippen molar-refractivity contribution in [1.29, 1.82) is 0 Å². The summed E-state index contributed by atoms with van der Waals surface area (Å²) >= 11 is 0. The Balaban J connectivity index is 2.22. The van der Waals surface area contributed by atoms with Crippen LogP contribution in [-0.2, 0) is 0 Å². The van der Waals surface area contributed by atoms with Crippen molar-refractivity contribution in [2.24, 2.45) is 0 Å². The molecule has 27 heavy (non-hydrogen) atoms. The molecule has 0 spiro atoms. The molecule has 8 heteroatoms. The highest BCUT2D eigenvalue weighted by molar-refractivity contribution is 7.74. The zero-order valence-corrected chi connectivity index (χ0v) is 14.9. The summed E-state index contributed by atoms with van der Waals surface area (Å²) in [4.78, 5) is 0. The lowest BCUT2D eigenvalue weighted by molar-refractivity contribution is -0.263. The molecule has 0 saturated heterocycles. The van der Waals surface area contributed by atoms with Crippen LogP contribution >= 0.6 is 7.92 Å². The van der Waals surface area contributed by atoms with E-state index in [1.54, 1.807) is 6.07 Å². The lowest BCUT2D eigenvalue weighted by Crippen LogP contribution is -2.62. The van der Waals surface area contributed by atoms with Crippen LogP contribution in [-0.4, -0.2) is 30.5 Å². The van der Waals surface area contributed by atoms with Crippen molar-refractivity contribution in [3.05, 3.63) is 66.7 Å². The van der Waals surface area contributed by atoms with E-state index >= 15 is 4.39 Å². The average molecular weight is 404 g/mol. The van der Waals surface area contributed by atoms with Crippen LogP contribution in [0.2, 0.25) is 0 Å². The van der Waals surface area contributed by atoms with Crippen molar-refractivity contribution in [2.45, 2.75) is 23.4 Å². The van der Waals surface area contributed by atoms with Crippen molar-refractivity contribution in [1.82, 2.24) is 0 Å². The molecule has 0 radical (unpaired) electrons. The Kier molecular flexibility index (Phi) is 5.02. The molecule has 2 aromatic carbocycles. The molecule has 2 aromatic rings. The normalized spacial score (nSPS) is 27.1. The van der Waals surface area contributed by atoms with Crippen LogP contribution in [0.1, 0.15) is 0 Å². The Morgan fingerprint density at radius 3 is 1.96 bits per heavy atom. The van der Waals surface area contributed by atoms with E-state index < -0.39 is 31.3 Å². The Hall–Kier alpha value is -2.01.